The van der Waals surface area contributed by atoms with Gasteiger partial charge in [0.2, 0.25) is 0 Å². The SMILES string of the molecule is [C-]#[N+]C(=Nc1cc(Cl)c(O)c(Cl)c1)/C(=C(/C#N)[N+]#[C-])c1ccccc1. The summed E-state index contributed by atoms with van der Waals surface area (Å²) in [7, 11) is 0. The van der Waals surface area contributed by atoms with Crippen LogP contribution in [0.3, 0.4) is 0 Å². The van der Waals surface area contributed by atoms with Gasteiger partial charge < -0.3 is 9.95 Å². The van der Waals surface area contributed by atoms with Crippen molar-refractivity contribution in [3.05, 3.63) is 86.6 Å². The molecule has 2 rings (SSSR count). The molecule has 0 saturated carbocycles. The predicted octanol–water partition coefficient (Wildman–Crippen LogP) is 5.50. The van der Waals surface area contributed by atoms with Crippen LogP contribution in [0.15, 0.2) is 53.2 Å². The Balaban J connectivity index is 2.72. The lowest BCUT2D eigenvalue weighted by Gasteiger charge is -2.07. The van der Waals surface area contributed by atoms with Crippen LogP contribution in [0.25, 0.3) is 15.3 Å². The highest BCUT2D eigenvalue weighted by Gasteiger charge is 2.18. The van der Waals surface area contributed by atoms with Crippen molar-refractivity contribution < 1.29 is 5.11 Å². The molecule has 0 aliphatic rings. The zero-order chi connectivity index (χ0) is 18.4. The van der Waals surface area contributed by atoms with Crippen molar-refractivity contribution in [1.29, 1.82) is 5.26 Å². The number of phenols is 1. The third kappa shape index (κ3) is 3.97. The molecular weight excluding hydrogens is 359 g/mol. The maximum Gasteiger partial charge on any atom is 0.268 e. The number of phenolic OH excluding ortho intramolecular Hbond substituents is 1. The number of nitrogens with zero attached hydrogens (tertiary/aromatic N) is 4. The van der Waals surface area contributed by atoms with Crippen molar-refractivity contribution >= 4 is 40.3 Å². The van der Waals surface area contributed by atoms with Gasteiger partial charge in [0, 0.05) is 17.7 Å². The van der Waals surface area contributed by atoms with Gasteiger partial charge in [-0.15, -0.1) is 4.99 Å². The minimum atomic E-state index is -0.288. The van der Waals surface area contributed by atoms with Gasteiger partial charge in [-0.3, -0.25) is 0 Å². The zero-order valence-corrected chi connectivity index (χ0v) is 14.0. The van der Waals surface area contributed by atoms with Crippen LogP contribution in [-0.2, 0) is 0 Å². The van der Waals surface area contributed by atoms with E-state index in [9.17, 15) is 10.4 Å². The second-order valence-corrected chi connectivity index (χ2v) is 5.43. The predicted molar refractivity (Wildman–Crippen MR) is 97.4 cm³/mol. The van der Waals surface area contributed by atoms with Crippen LogP contribution < -0.4 is 0 Å². The number of rotatable bonds is 3. The Hall–Kier alpha value is -3.30. The quantitative estimate of drug-likeness (QED) is 0.337. The van der Waals surface area contributed by atoms with E-state index in [1.54, 1.807) is 36.4 Å². The number of nitriles is 1. The average Bonchev–Trinajstić information content (AvgIpc) is 2.63. The maximum absolute atomic E-state index is 9.61. The average molecular weight is 367 g/mol. The Labute approximate surface area is 154 Å². The smallest absolute Gasteiger partial charge is 0.268 e. The normalized spacial score (nSPS) is 11.7. The molecule has 5 nitrogen and oxygen atoms in total. The minimum absolute atomic E-state index is 0.0218. The van der Waals surface area contributed by atoms with E-state index in [4.69, 9.17) is 36.3 Å². The van der Waals surface area contributed by atoms with Gasteiger partial charge in [0.1, 0.15) is 0 Å². The molecule has 2 aromatic carbocycles. The summed E-state index contributed by atoms with van der Waals surface area (Å²) in [6, 6.07) is 13.0. The lowest BCUT2D eigenvalue weighted by molar-refractivity contribution is 0.476. The molecule has 120 valence electrons. The van der Waals surface area contributed by atoms with E-state index in [-0.39, 0.29) is 38.6 Å². The van der Waals surface area contributed by atoms with E-state index in [0.29, 0.717) is 5.56 Å². The highest BCUT2D eigenvalue weighted by Crippen LogP contribution is 2.36. The number of amidine groups is 1. The molecule has 0 amide bonds. The number of halogens is 2. The van der Waals surface area contributed by atoms with E-state index in [2.05, 4.69) is 14.7 Å². The van der Waals surface area contributed by atoms with Gasteiger partial charge in [-0.1, -0.05) is 60.1 Å². The first-order valence-electron chi connectivity index (χ1n) is 6.73. The van der Waals surface area contributed by atoms with E-state index >= 15 is 0 Å². The zero-order valence-electron chi connectivity index (χ0n) is 12.5. The molecule has 0 bridgehead atoms. The van der Waals surface area contributed by atoms with E-state index in [1.165, 1.54) is 12.1 Å². The molecule has 0 aromatic heterocycles. The van der Waals surface area contributed by atoms with Crippen molar-refractivity contribution in [2.24, 2.45) is 4.99 Å². The summed E-state index contributed by atoms with van der Waals surface area (Å²) in [5.41, 5.74) is 0.598. The Morgan fingerprint density at radius 2 is 1.68 bits per heavy atom. The largest absolute Gasteiger partial charge is 0.505 e. The van der Waals surface area contributed by atoms with Crippen LogP contribution in [0.4, 0.5) is 5.69 Å². The van der Waals surface area contributed by atoms with Crippen molar-refractivity contribution in [3.8, 4) is 11.8 Å². The summed E-state index contributed by atoms with van der Waals surface area (Å²) < 4.78 is 0. The summed E-state index contributed by atoms with van der Waals surface area (Å²) in [4.78, 5) is 10.7. The number of aromatic hydroxyl groups is 1. The van der Waals surface area contributed by atoms with E-state index in [1.807, 2.05) is 0 Å². The Morgan fingerprint density at radius 3 is 2.16 bits per heavy atom. The van der Waals surface area contributed by atoms with Crippen molar-refractivity contribution in [2.75, 3.05) is 0 Å². The fourth-order valence-electron chi connectivity index (χ4n) is 1.99. The molecule has 7 heteroatoms. The molecule has 0 atom stereocenters. The molecule has 0 unspecified atom stereocenters. The van der Waals surface area contributed by atoms with Crippen molar-refractivity contribution in [2.45, 2.75) is 0 Å². The van der Waals surface area contributed by atoms with Crippen LogP contribution >= 0.6 is 23.2 Å². The molecule has 0 radical (unpaired) electrons. The molecule has 0 saturated heterocycles. The Bertz CT molecular complexity index is 967. The van der Waals surface area contributed by atoms with E-state index in [0.717, 1.165) is 0 Å². The van der Waals surface area contributed by atoms with Gasteiger partial charge in [0.05, 0.1) is 22.7 Å². The Kier molecular flexibility index (Phi) is 5.77. The molecule has 25 heavy (non-hydrogen) atoms. The molecule has 0 heterocycles. The molecule has 0 aliphatic carbocycles. The lowest BCUT2D eigenvalue weighted by atomic mass is 10.0. The summed E-state index contributed by atoms with van der Waals surface area (Å²) in [5, 5.41) is 18.8. The van der Waals surface area contributed by atoms with Crippen LogP contribution in [0.2, 0.25) is 10.0 Å². The summed E-state index contributed by atoms with van der Waals surface area (Å²) >= 11 is 11.7. The summed E-state index contributed by atoms with van der Waals surface area (Å²) in [5.74, 6) is -0.444. The van der Waals surface area contributed by atoms with Crippen LogP contribution in [-0.4, -0.2) is 10.9 Å². The van der Waals surface area contributed by atoms with Gasteiger partial charge in [-0.05, 0) is 5.56 Å². The maximum atomic E-state index is 9.61. The van der Waals surface area contributed by atoms with Gasteiger partial charge in [0.25, 0.3) is 11.5 Å². The topological polar surface area (TPSA) is 65.1 Å². The van der Waals surface area contributed by atoms with Gasteiger partial charge in [-0.2, -0.15) is 0 Å². The standard InChI is InChI=1S/C18H8Cl2N4O/c1-22-15(10-21)16(11-6-4-3-5-7-11)18(23-2)24-12-8-13(19)17(25)14(20)9-12/h3-9,25H/b16-15-,24-18?. The molecule has 1 N–H and O–H groups in total. The molecular formula is C18H8Cl2N4O. The summed E-state index contributed by atoms with van der Waals surface area (Å²) in [6.45, 7) is 14.6. The van der Waals surface area contributed by atoms with Crippen LogP contribution in [0.1, 0.15) is 5.56 Å². The second-order valence-electron chi connectivity index (χ2n) is 4.62. The van der Waals surface area contributed by atoms with Crippen molar-refractivity contribution in [3.63, 3.8) is 0 Å². The second kappa shape index (κ2) is 7.99. The van der Waals surface area contributed by atoms with Crippen molar-refractivity contribution in [1.82, 2.24) is 0 Å². The first-order valence-corrected chi connectivity index (χ1v) is 7.49. The molecule has 0 aliphatic heterocycles. The number of hydrogen-bond acceptors (Lipinski definition) is 3. The number of allylic oxidation sites excluding steroid dienone is 1. The number of benzene rings is 2. The first-order chi connectivity index (χ1) is 12.0. The van der Waals surface area contributed by atoms with Gasteiger partial charge in [0.15, 0.2) is 11.4 Å². The lowest BCUT2D eigenvalue weighted by Crippen LogP contribution is -1.99. The third-order valence-electron chi connectivity index (χ3n) is 3.08. The van der Waals surface area contributed by atoms with Crippen LogP contribution in [0, 0.1) is 24.5 Å². The monoisotopic (exact) mass is 366 g/mol. The number of aliphatic imine (C=N–C) groups is 1. The minimum Gasteiger partial charge on any atom is -0.505 e. The first kappa shape index (κ1) is 18.0. The molecule has 0 spiro atoms. The van der Waals surface area contributed by atoms with Crippen LogP contribution in [0.5, 0.6) is 5.75 Å². The van der Waals surface area contributed by atoms with E-state index < -0.39 is 0 Å². The molecule has 2 aromatic rings. The highest BCUT2D eigenvalue weighted by atomic mass is 35.5. The summed E-state index contributed by atoms with van der Waals surface area (Å²) in [6.07, 6.45) is 0. The third-order valence-corrected chi connectivity index (χ3v) is 3.66. The Morgan fingerprint density at radius 1 is 1.08 bits per heavy atom. The highest BCUT2D eigenvalue weighted by molar-refractivity contribution is 6.37. The fraction of sp³-hybridized carbons (Fsp3) is 0. The van der Waals surface area contributed by atoms with Gasteiger partial charge >= 0.3 is 0 Å². The molecule has 0 fully saturated rings. The van der Waals surface area contributed by atoms with Gasteiger partial charge in [-0.25, -0.2) is 10.1 Å². The number of hydrogen-bond donors (Lipinski definition) is 1. The fourth-order valence-corrected chi connectivity index (χ4v) is 2.46.